The Labute approximate surface area is 122 Å². The Morgan fingerprint density at radius 2 is 1.80 bits per heavy atom. The average molecular weight is 273 g/mol. The lowest BCUT2D eigenvalue weighted by Crippen LogP contribution is -2.31. The second-order valence-corrected chi connectivity index (χ2v) is 6.93. The molecule has 0 bridgehead atoms. The third-order valence-electron chi connectivity index (χ3n) is 5.29. The Hall–Kier alpha value is -1.25. The van der Waals surface area contributed by atoms with Crippen molar-refractivity contribution < 1.29 is 0 Å². The molecule has 2 fully saturated rings. The summed E-state index contributed by atoms with van der Waals surface area (Å²) in [5.74, 6) is 1.02. The van der Waals surface area contributed by atoms with Crippen LogP contribution in [-0.2, 0) is 0 Å². The monoisotopic (exact) mass is 273 g/mol. The Morgan fingerprint density at radius 3 is 2.35 bits per heavy atom. The van der Waals surface area contributed by atoms with Crippen LogP contribution in [0.15, 0.2) is 18.3 Å². The van der Waals surface area contributed by atoms with Crippen molar-refractivity contribution >= 4 is 11.5 Å². The van der Waals surface area contributed by atoms with E-state index in [4.69, 9.17) is 0 Å². The van der Waals surface area contributed by atoms with Gasteiger partial charge in [0.25, 0.3) is 0 Å². The van der Waals surface area contributed by atoms with Crippen molar-refractivity contribution in [2.24, 2.45) is 5.41 Å². The van der Waals surface area contributed by atoms with Crippen LogP contribution in [0.3, 0.4) is 0 Å². The molecule has 2 aliphatic rings. The molecule has 0 atom stereocenters. The lowest BCUT2D eigenvalue weighted by Gasteiger charge is -2.37. The van der Waals surface area contributed by atoms with Gasteiger partial charge in [0.05, 0.1) is 11.9 Å². The molecule has 2 saturated carbocycles. The molecule has 3 rings (SSSR count). The molecule has 0 aliphatic heterocycles. The molecular formula is C17H27N3. The normalized spacial score (nSPS) is 22.1. The van der Waals surface area contributed by atoms with Gasteiger partial charge >= 0.3 is 0 Å². The van der Waals surface area contributed by atoms with E-state index in [9.17, 15) is 0 Å². The predicted molar refractivity (Wildman–Crippen MR) is 85.3 cm³/mol. The molecule has 1 spiro atoms. The van der Waals surface area contributed by atoms with Crippen molar-refractivity contribution in [3.05, 3.63) is 18.3 Å². The number of aromatic nitrogens is 1. The molecule has 1 heterocycles. The van der Waals surface area contributed by atoms with Gasteiger partial charge in [0, 0.05) is 20.1 Å². The van der Waals surface area contributed by atoms with E-state index >= 15 is 0 Å². The van der Waals surface area contributed by atoms with Crippen molar-refractivity contribution in [1.82, 2.24) is 4.98 Å². The number of rotatable bonds is 3. The Bertz CT molecular complexity index is 422. The molecule has 110 valence electrons. The third kappa shape index (κ3) is 2.92. The van der Waals surface area contributed by atoms with Crippen molar-refractivity contribution in [3.63, 3.8) is 0 Å². The lowest BCUT2D eigenvalue weighted by molar-refractivity contribution is 0.188. The maximum atomic E-state index is 4.48. The van der Waals surface area contributed by atoms with Gasteiger partial charge in [-0.2, -0.15) is 0 Å². The highest BCUT2D eigenvalue weighted by Crippen LogP contribution is 2.49. The van der Waals surface area contributed by atoms with E-state index in [1.165, 1.54) is 57.1 Å². The molecule has 0 radical (unpaired) electrons. The van der Waals surface area contributed by atoms with Crippen molar-refractivity contribution in [2.75, 3.05) is 24.3 Å². The van der Waals surface area contributed by atoms with Gasteiger partial charge in [-0.15, -0.1) is 0 Å². The van der Waals surface area contributed by atoms with Crippen LogP contribution < -0.4 is 10.2 Å². The Balaban J connectivity index is 1.54. The van der Waals surface area contributed by atoms with Gasteiger partial charge in [0.15, 0.2) is 0 Å². The minimum Gasteiger partial charge on any atom is -0.381 e. The summed E-state index contributed by atoms with van der Waals surface area (Å²) in [6.07, 6.45) is 13.4. The molecule has 0 unspecified atom stereocenters. The summed E-state index contributed by atoms with van der Waals surface area (Å²) in [4.78, 5) is 6.51. The molecule has 0 amide bonds. The zero-order chi connectivity index (χ0) is 14.0. The standard InChI is InChI=1S/C17H27N3/c1-20(2)16-6-5-15(13-18-16)19-14-7-11-17(12-8-14)9-3-4-10-17/h5-6,13-14,19H,3-4,7-12H2,1-2H3. The maximum Gasteiger partial charge on any atom is 0.128 e. The number of nitrogens with zero attached hydrogens (tertiary/aromatic N) is 2. The molecular weight excluding hydrogens is 246 g/mol. The summed E-state index contributed by atoms with van der Waals surface area (Å²) in [5, 5.41) is 3.67. The molecule has 3 heteroatoms. The van der Waals surface area contributed by atoms with Crippen molar-refractivity contribution in [1.29, 1.82) is 0 Å². The van der Waals surface area contributed by atoms with E-state index < -0.39 is 0 Å². The lowest BCUT2D eigenvalue weighted by atomic mass is 9.71. The van der Waals surface area contributed by atoms with Gasteiger partial charge in [-0.05, 0) is 56.1 Å². The highest BCUT2D eigenvalue weighted by Gasteiger charge is 2.37. The first-order valence-corrected chi connectivity index (χ1v) is 8.07. The number of anilines is 2. The SMILES string of the molecule is CN(C)c1ccc(NC2CCC3(CCCC3)CC2)cn1. The van der Waals surface area contributed by atoms with Gasteiger partial charge in [-0.1, -0.05) is 12.8 Å². The van der Waals surface area contributed by atoms with Crippen LogP contribution in [-0.4, -0.2) is 25.1 Å². The van der Waals surface area contributed by atoms with Gasteiger partial charge in [-0.25, -0.2) is 4.98 Å². The van der Waals surface area contributed by atoms with E-state index in [1.807, 2.05) is 25.2 Å². The van der Waals surface area contributed by atoms with Gasteiger partial charge in [-0.3, -0.25) is 0 Å². The molecule has 0 aromatic carbocycles. The molecule has 0 saturated heterocycles. The average Bonchev–Trinajstić information content (AvgIpc) is 2.91. The maximum absolute atomic E-state index is 4.48. The molecule has 1 aromatic heterocycles. The smallest absolute Gasteiger partial charge is 0.128 e. The zero-order valence-electron chi connectivity index (χ0n) is 12.9. The Kier molecular flexibility index (Phi) is 3.86. The fourth-order valence-corrected chi connectivity index (χ4v) is 3.97. The summed E-state index contributed by atoms with van der Waals surface area (Å²) in [5.41, 5.74) is 1.90. The van der Waals surface area contributed by atoms with E-state index in [-0.39, 0.29) is 0 Å². The molecule has 20 heavy (non-hydrogen) atoms. The molecule has 3 nitrogen and oxygen atoms in total. The second-order valence-electron chi connectivity index (χ2n) is 6.93. The van der Waals surface area contributed by atoms with Crippen LogP contribution in [0.1, 0.15) is 51.4 Å². The summed E-state index contributed by atoms with van der Waals surface area (Å²) in [6.45, 7) is 0. The van der Waals surface area contributed by atoms with Crippen LogP contribution in [0.25, 0.3) is 0 Å². The third-order valence-corrected chi connectivity index (χ3v) is 5.29. The first-order valence-electron chi connectivity index (χ1n) is 8.07. The largest absolute Gasteiger partial charge is 0.381 e. The summed E-state index contributed by atoms with van der Waals surface area (Å²) in [6, 6.07) is 4.89. The molecule has 1 N–H and O–H groups in total. The van der Waals surface area contributed by atoms with Crippen molar-refractivity contribution in [3.8, 4) is 0 Å². The van der Waals surface area contributed by atoms with Gasteiger partial charge in [0.1, 0.15) is 5.82 Å². The quantitative estimate of drug-likeness (QED) is 0.900. The summed E-state index contributed by atoms with van der Waals surface area (Å²) >= 11 is 0. The van der Waals surface area contributed by atoms with E-state index in [2.05, 4.69) is 22.4 Å². The fraction of sp³-hybridized carbons (Fsp3) is 0.706. The number of pyridine rings is 1. The van der Waals surface area contributed by atoms with Gasteiger partial charge < -0.3 is 10.2 Å². The summed E-state index contributed by atoms with van der Waals surface area (Å²) < 4.78 is 0. The van der Waals surface area contributed by atoms with Crippen LogP contribution in [0.5, 0.6) is 0 Å². The van der Waals surface area contributed by atoms with Crippen LogP contribution in [0.2, 0.25) is 0 Å². The number of nitrogens with one attached hydrogen (secondary N) is 1. The zero-order valence-corrected chi connectivity index (χ0v) is 12.9. The topological polar surface area (TPSA) is 28.2 Å². The number of hydrogen-bond donors (Lipinski definition) is 1. The van der Waals surface area contributed by atoms with E-state index in [0.717, 1.165) is 11.2 Å². The number of hydrogen-bond acceptors (Lipinski definition) is 3. The highest BCUT2D eigenvalue weighted by molar-refractivity contribution is 5.48. The first kappa shape index (κ1) is 13.7. The van der Waals surface area contributed by atoms with E-state index in [1.54, 1.807) is 0 Å². The summed E-state index contributed by atoms with van der Waals surface area (Å²) in [7, 11) is 4.05. The van der Waals surface area contributed by atoms with Crippen molar-refractivity contribution in [2.45, 2.75) is 57.4 Å². The molecule has 2 aliphatic carbocycles. The first-order chi connectivity index (χ1) is 9.67. The van der Waals surface area contributed by atoms with Crippen LogP contribution >= 0.6 is 0 Å². The van der Waals surface area contributed by atoms with Crippen LogP contribution in [0, 0.1) is 5.41 Å². The fourth-order valence-electron chi connectivity index (χ4n) is 3.97. The van der Waals surface area contributed by atoms with Gasteiger partial charge in [0.2, 0.25) is 0 Å². The Morgan fingerprint density at radius 1 is 1.10 bits per heavy atom. The molecule has 1 aromatic rings. The minimum absolute atomic E-state index is 0.647. The second kappa shape index (κ2) is 5.63. The highest BCUT2D eigenvalue weighted by atomic mass is 15.1. The van der Waals surface area contributed by atoms with Crippen LogP contribution in [0.4, 0.5) is 11.5 Å². The van der Waals surface area contributed by atoms with E-state index in [0.29, 0.717) is 6.04 Å². The predicted octanol–water partition coefficient (Wildman–Crippen LogP) is 4.06. The minimum atomic E-state index is 0.647.